The van der Waals surface area contributed by atoms with E-state index in [9.17, 15) is 5.11 Å². The highest BCUT2D eigenvalue weighted by atomic mass is 16.5. The average molecular weight is 217 g/mol. The first kappa shape index (κ1) is 11.0. The minimum Gasteiger partial charge on any atom is -0.476 e. The molecule has 3 heteroatoms. The molecule has 0 saturated heterocycles. The van der Waals surface area contributed by atoms with Gasteiger partial charge in [-0.15, -0.1) is 0 Å². The van der Waals surface area contributed by atoms with Crippen LogP contribution in [0.2, 0.25) is 0 Å². The number of nitrogens with zero attached hydrogens (tertiary/aromatic N) is 1. The minimum atomic E-state index is -0.438. The van der Waals surface area contributed by atoms with Gasteiger partial charge in [0, 0.05) is 0 Å². The molecule has 0 spiro atoms. The smallest absolute Gasteiger partial charge is 0.181 e. The fourth-order valence-electron chi connectivity index (χ4n) is 2.07. The van der Waals surface area contributed by atoms with Crippen LogP contribution in [0.1, 0.15) is 37.0 Å². The molecule has 1 N–H and O–H groups in total. The van der Waals surface area contributed by atoms with E-state index >= 15 is 0 Å². The zero-order valence-electron chi connectivity index (χ0n) is 9.31. The van der Waals surface area contributed by atoms with Gasteiger partial charge in [-0.05, 0) is 49.4 Å². The van der Waals surface area contributed by atoms with Gasteiger partial charge in [0.2, 0.25) is 0 Å². The minimum absolute atomic E-state index is 0.341. The van der Waals surface area contributed by atoms with Gasteiger partial charge >= 0.3 is 0 Å². The van der Waals surface area contributed by atoms with E-state index in [1.165, 1.54) is 0 Å². The van der Waals surface area contributed by atoms with Gasteiger partial charge in [0.05, 0.1) is 6.10 Å². The quantitative estimate of drug-likeness (QED) is 0.827. The van der Waals surface area contributed by atoms with Crippen LogP contribution in [0.15, 0.2) is 18.2 Å². The van der Waals surface area contributed by atoms with Gasteiger partial charge in [0.1, 0.15) is 11.8 Å². The van der Waals surface area contributed by atoms with Crippen molar-refractivity contribution in [3.05, 3.63) is 29.3 Å². The molecule has 0 amide bonds. The Bertz CT molecular complexity index is 422. The molecule has 0 bridgehead atoms. The highest BCUT2D eigenvalue weighted by Gasteiger charge is 2.18. The Hall–Kier alpha value is -1.53. The fourth-order valence-corrected chi connectivity index (χ4v) is 2.07. The van der Waals surface area contributed by atoms with Gasteiger partial charge in [0.15, 0.2) is 6.10 Å². The van der Waals surface area contributed by atoms with Crippen molar-refractivity contribution in [1.82, 2.24) is 0 Å². The molecular weight excluding hydrogens is 202 g/mol. The molecule has 1 aromatic rings. The van der Waals surface area contributed by atoms with Crippen molar-refractivity contribution < 1.29 is 9.84 Å². The van der Waals surface area contributed by atoms with E-state index in [0.29, 0.717) is 5.75 Å². The van der Waals surface area contributed by atoms with Crippen LogP contribution >= 0.6 is 0 Å². The number of aryl methyl sites for hydroxylation is 1. The summed E-state index contributed by atoms with van der Waals surface area (Å²) in [7, 11) is 0. The molecule has 1 aliphatic rings. The molecule has 2 rings (SSSR count). The van der Waals surface area contributed by atoms with Crippen LogP contribution in [0.3, 0.4) is 0 Å². The van der Waals surface area contributed by atoms with Crippen LogP contribution in [0.25, 0.3) is 0 Å². The molecule has 0 fully saturated rings. The molecule has 3 nitrogen and oxygen atoms in total. The maximum Gasteiger partial charge on any atom is 0.181 e. The summed E-state index contributed by atoms with van der Waals surface area (Å²) in [6.07, 6.45) is 2.04. The second kappa shape index (κ2) is 4.54. The Labute approximate surface area is 95.3 Å². The Morgan fingerprint density at radius 3 is 3.12 bits per heavy atom. The predicted molar refractivity (Wildman–Crippen MR) is 60.0 cm³/mol. The zero-order chi connectivity index (χ0) is 11.5. The first-order valence-electron chi connectivity index (χ1n) is 5.58. The monoisotopic (exact) mass is 217 g/mol. The SMILES string of the molecule is CC(C#N)Oc1ccc2c(c1)CCCC2O. The van der Waals surface area contributed by atoms with Crippen LogP contribution in [0.4, 0.5) is 0 Å². The van der Waals surface area contributed by atoms with Gasteiger partial charge in [0.25, 0.3) is 0 Å². The second-order valence-corrected chi connectivity index (χ2v) is 4.16. The third-order valence-electron chi connectivity index (χ3n) is 2.89. The number of hydrogen-bond donors (Lipinski definition) is 1. The molecule has 0 aliphatic heterocycles. The molecule has 0 heterocycles. The van der Waals surface area contributed by atoms with E-state index in [0.717, 1.165) is 30.4 Å². The average Bonchev–Trinajstić information content (AvgIpc) is 2.29. The lowest BCUT2D eigenvalue weighted by Crippen LogP contribution is -2.11. The lowest BCUT2D eigenvalue weighted by molar-refractivity contribution is 0.156. The summed E-state index contributed by atoms with van der Waals surface area (Å²) in [6, 6.07) is 7.69. The van der Waals surface area contributed by atoms with Crippen molar-refractivity contribution in [3.8, 4) is 11.8 Å². The molecule has 84 valence electrons. The number of hydrogen-bond acceptors (Lipinski definition) is 3. The van der Waals surface area contributed by atoms with Gasteiger partial charge in [-0.1, -0.05) is 6.07 Å². The van der Waals surface area contributed by atoms with E-state index in [1.54, 1.807) is 6.92 Å². The third-order valence-corrected chi connectivity index (χ3v) is 2.89. The Balaban J connectivity index is 2.22. The van der Waals surface area contributed by atoms with Crippen LogP contribution < -0.4 is 4.74 Å². The van der Waals surface area contributed by atoms with E-state index in [1.807, 2.05) is 24.3 Å². The Kier molecular flexibility index (Phi) is 3.12. The molecule has 0 aromatic heterocycles. The normalized spacial score (nSPS) is 20.7. The van der Waals surface area contributed by atoms with Gasteiger partial charge < -0.3 is 9.84 Å². The highest BCUT2D eigenvalue weighted by Crippen LogP contribution is 2.32. The Morgan fingerprint density at radius 1 is 1.56 bits per heavy atom. The summed E-state index contributed by atoms with van der Waals surface area (Å²) >= 11 is 0. The van der Waals surface area contributed by atoms with E-state index in [2.05, 4.69) is 0 Å². The number of aliphatic hydroxyl groups is 1. The van der Waals surface area contributed by atoms with Gasteiger partial charge in [-0.25, -0.2) is 0 Å². The molecule has 0 saturated carbocycles. The number of rotatable bonds is 2. The molecule has 1 aromatic carbocycles. The summed E-state index contributed by atoms with van der Waals surface area (Å²) in [5.74, 6) is 0.710. The third kappa shape index (κ3) is 2.17. The first-order chi connectivity index (χ1) is 7.70. The Morgan fingerprint density at radius 2 is 2.38 bits per heavy atom. The lowest BCUT2D eigenvalue weighted by atomic mass is 9.89. The number of ether oxygens (including phenoxy) is 1. The molecule has 0 radical (unpaired) electrons. The molecular formula is C13H15NO2. The maximum absolute atomic E-state index is 9.79. The topological polar surface area (TPSA) is 53.2 Å². The number of aliphatic hydroxyl groups excluding tert-OH is 1. The van der Waals surface area contributed by atoms with Crippen molar-refractivity contribution in [3.63, 3.8) is 0 Å². The fraction of sp³-hybridized carbons (Fsp3) is 0.462. The largest absolute Gasteiger partial charge is 0.476 e. The van der Waals surface area contributed by atoms with Crippen molar-refractivity contribution in [2.24, 2.45) is 0 Å². The van der Waals surface area contributed by atoms with Crippen molar-refractivity contribution in [2.75, 3.05) is 0 Å². The summed E-state index contributed by atoms with van der Waals surface area (Å²) in [6.45, 7) is 1.72. The standard InChI is InChI=1S/C13H15NO2/c1-9(8-14)16-11-5-6-12-10(7-11)3-2-4-13(12)15/h5-7,9,13,15H,2-4H2,1H3. The molecule has 2 unspecified atom stereocenters. The zero-order valence-corrected chi connectivity index (χ0v) is 9.31. The predicted octanol–water partition coefficient (Wildman–Crippen LogP) is 2.35. The van der Waals surface area contributed by atoms with Crippen LogP contribution in [-0.2, 0) is 6.42 Å². The van der Waals surface area contributed by atoms with Crippen molar-refractivity contribution in [1.29, 1.82) is 5.26 Å². The molecule has 16 heavy (non-hydrogen) atoms. The lowest BCUT2D eigenvalue weighted by Gasteiger charge is -2.22. The van der Waals surface area contributed by atoms with Gasteiger partial charge in [-0.3, -0.25) is 0 Å². The number of nitriles is 1. The molecule has 1 aliphatic carbocycles. The molecule has 2 atom stereocenters. The summed E-state index contributed by atoms with van der Waals surface area (Å²) in [5, 5.41) is 18.4. The maximum atomic E-state index is 9.79. The van der Waals surface area contributed by atoms with E-state index in [4.69, 9.17) is 10.00 Å². The highest BCUT2D eigenvalue weighted by molar-refractivity contribution is 5.38. The van der Waals surface area contributed by atoms with Crippen LogP contribution in [0.5, 0.6) is 5.75 Å². The van der Waals surface area contributed by atoms with Crippen molar-refractivity contribution in [2.45, 2.75) is 38.4 Å². The number of benzene rings is 1. The number of fused-ring (bicyclic) bond motifs is 1. The van der Waals surface area contributed by atoms with Crippen LogP contribution in [0, 0.1) is 11.3 Å². The second-order valence-electron chi connectivity index (χ2n) is 4.16. The first-order valence-corrected chi connectivity index (χ1v) is 5.58. The summed E-state index contributed by atoms with van der Waals surface area (Å²) < 4.78 is 5.42. The summed E-state index contributed by atoms with van der Waals surface area (Å²) in [4.78, 5) is 0. The summed E-state index contributed by atoms with van der Waals surface area (Å²) in [5.41, 5.74) is 2.14. The van der Waals surface area contributed by atoms with E-state index < -0.39 is 6.10 Å². The van der Waals surface area contributed by atoms with Gasteiger partial charge in [-0.2, -0.15) is 5.26 Å². The van der Waals surface area contributed by atoms with Crippen molar-refractivity contribution >= 4 is 0 Å². The van der Waals surface area contributed by atoms with Crippen LogP contribution in [-0.4, -0.2) is 11.2 Å². The van der Waals surface area contributed by atoms with E-state index in [-0.39, 0.29) is 6.10 Å².